The molecule has 0 saturated heterocycles. The van der Waals surface area contributed by atoms with Gasteiger partial charge in [0.1, 0.15) is 5.82 Å². The smallest absolute Gasteiger partial charge is 0.163 e. The van der Waals surface area contributed by atoms with E-state index in [9.17, 15) is 0 Å². The summed E-state index contributed by atoms with van der Waals surface area (Å²) in [4.78, 5) is 15.5. The van der Waals surface area contributed by atoms with Gasteiger partial charge in [0.05, 0.1) is 28.0 Å². The lowest BCUT2D eigenvalue weighted by molar-refractivity contribution is 0.856. The lowest BCUT2D eigenvalue weighted by Crippen LogP contribution is -2.09. The molecule has 0 aliphatic heterocycles. The topological polar surface area (TPSA) is 48.5 Å². The van der Waals surface area contributed by atoms with Gasteiger partial charge in [-0.2, -0.15) is 0 Å². The summed E-state index contributed by atoms with van der Waals surface area (Å²) in [5, 5.41) is 4.94. The maximum Gasteiger partial charge on any atom is 0.163 e. The van der Waals surface area contributed by atoms with Crippen molar-refractivity contribution in [2.75, 3.05) is 0 Å². The average molecular weight is 728 g/mol. The van der Waals surface area contributed by atoms with Crippen LogP contribution >= 0.6 is 0 Å². The molecule has 5 nitrogen and oxygen atoms in total. The summed E-state index contributed by atoms with van der Waals surface area (Å²) >= 11 is 0. The van der Waals surface area contributed by atoms with Crippen LogP contribution in [0.3, 0.4) is 0 Å². The van der Waals surface area contributed by atoms with Gasteiger partial charge in [-0.1, -0.05) is 140 Å². The van der Waals surface area contributed by atoms with E-state index >= 15 is 0 Å². The van der Waals surface area contributed by atoms with Gasteiger partial charge < -0.3 is 9.13 Å². The highest BCUT2D eigenvalue weighted by Crippen LogP contribution is 2.50. The molecule has 0 N–H and O–H groups in total. The zero-order chi connectivity index (χ0) is 37.5. The molecule has 0 saturated carbocycles. The molecule has 0 radical (unpaired) electrons. The van der Waals surface area contributed by atoms with Crippen molar-refractivity contribution in [1.29, 1.82) is 0 Å². The highest BCUT2D eigenvalue weighted by atomic mass is 15.0. The van der Waals surface area contributed by atoms with Crippen molar-refractivity contribution in [1.82, 2.24) is 24.1 Å². The fraction of sp³-hybridized carbons (Fsp3) is 0.0192. The minimum absolute atomic E-state index is 0.166. The van der Waals surface area contributed by atoms with Crippen LogP contribution in [0, 0.1) is 0 Å². The summed E-state index contributed by atoms with van der Waals surface area (Å²) in [5.41, 5.74) is 13.8. The lowest BCUT2D eigenvalue weighted by Gasteiger charge is -2.15. The Labute approximate surface area is 328 Å². The monoisotopic (exact) mass is 727 g/mol. The number of hydrogen-bond acceptors (Lipinski definition) is 3. The lowest BCUT2D eigenvalue weighted by atomic mass is 9.94. The zero-order valence-corrected chi connectivity index (χ0v) is 30.8. The van der Waals surface area contributed by atoms with Crippen LogP contribution in [-0.2, 0) is 0 Å². The number of aromatic nitrogens is 5. The van der Waals surface area contributed by atoms with E-state index < -0.39 is 0 Å². The molecule has 3 heterocycles. The van der Waals surface area contributed by atoms with Crippen LogP contribution in [0.2, 0.25) is 0 Å². The van der Waals surface area contributed by atoms with Gasteiger partial charge in [-0.05, 0) is 76.9 Å². The van der Waals surface area contributed by atoms with E-state index in [4.69, 9.17) is 15.0 Å². The maximum atomic E-state index is 5.24. The molecule has 0 fully saturated rings. The van der Waals surface area contributed by atoms with Gasteiger partial charge in [-0.25, -0.2) is 15.0 Å². The Hall–Kier alpha value is -7.63. The van der Waals surface area contributed by atoms with E-state index in [0.29, 0.717) is 11.6 Å². The summed E-state index contributed by atoms with van der Waals surface area (Å²) in [6.07, 6.45) is 0. The standard InChI is InChI=1S/C52H33N5/c1-3-15-33(16-4-1)50-53-51(34-17-5-2-6-18-34)55-52(54-50)49-41-23-8-7-19-37(41)42-32-48-43(31-44(42)49)40-22-11-14-26-47(40)57(48)36-29-27-35(28-30-36)56-45-24-12-9-20-38(45)39-21-10-13-25-46(39)56/h1-32,49H. The van der Waals surface area contributed by atoms with E-state index in [1.807, 2.05) is 36.4 Å². The van der Waals surface area contributed by atoms with E-state index in [1.54, 1.807) is 0 Å². The van der Waals surface area contributed by atoms with Gasteiger partial charge in [0, 0.05) is 44.0 Å². The van der Waals surface area contributed by atoms with E-state index in [0.717, 1.165) is 28.3 Å². The van der Waals surface area contributed by atoms with Crippen molar-refractivity contribution in [3.05, 3.63) is 211 Å². The normalized spacial score (nSPS) is 13.4. The molecule has 1 unspecified atom stereocenters. The van der Waals surface area contributed by atoms with E-state index in [-0.39, 0.29) is 5.92 Å². The third-order valence-electron chi connectivity index (χ3n) is 11.6. The second kappa shape index (κ2) is 12.4. The minimum atomic E-state index is -0.166. The highest BCUT2D eigenvalue weighted by Gasteiger charge is 2.34. The Bertz CT molecular complexity index is 3230. The van der Waals surface area contributed by atoms with Crippen molar-refractivity contribution >= 4 is 43.6 Å². The molecule has 1 aliphatic carbocycles. The van der Waals surface area contributed by atoms with E-state index in [2.05, 4.69) is 167 Å². The van der Waals surface area contributed by atoms with Crippen molar-refractivity contribution in [2.24, 2.45) is 0 Å². The van der Waals surface area contributed by atoms with Gasteiger partial charge >= 0.3 is 0 Å². The molecule has 8 aromatic carbocycles. The predicted molar refractivity (Wildman–Crippen MR) is 232 cm³/mol. The van der Waals surface area contributed by atoms with Crippen LogP contribution in [0.1, 0.15) is 22.9 Å². The number of para-hydroxylation sites is 3. The van der Waals surface area contributed by atoms with Crippen molar-refractivity contribution in [3.63, 3.8) is 0 Å². The van der Waals surface area contributed by atoms with Gasteiger partial charge in [-0.3, -0.25) is 0 Å². The Balaban J connectivity index is 1.05. The molecule has 0 bridgehead atoms. The Morgan fingerprint density at radius 1 is 0.333 bits per heavy atom. The van der Waals surface area contributed by atoms with Crippen LogP contribution in [0.15, 0.2) is 194 Å². The molecule has 5 heteroatoms. The van der Waals surface area contributed by atoms with Crippen LogP contribution in [0.4, 0.5) is 0 Å². The quantitative estimate of drug-likeness (QED) is 0.177. The first-order valence-corrected chi connectivity index (χ1v) is 19.4. The number of fused-ring (bicyclic) bond motifs is 9. The third kappa shape index (κ3) is 4.85. The summed E-state index contributed by atoms with van der Waals surface area (Å²) in [6, 6.07) is 69.1. The number of benzene rings is 8. The second-order valence-corrected chi connectivity index (χ2v) is 14.8. The molecule has 12 rings (SSSR count). The zero-order valence-electron chi connectivity index (χ0n) is 30.8. The van der Waals surface area contributed by atoms with Crippen LogP contribution in [0.5, 0.6) is 0 Å². The summed E-state index contributed by atoms with van der Waals surface area (Å²) in [5.74, 6) is 1.93. The third-order valence-corrected chi connectivity index (χ3v) is 11.6. The fourth-order valence-corrected chi connectivity index (χ4v) is 9.13. The van der Waals surface area contributed by atoms with Crippen LogP contribution in [0.25, 0.3) is 88.9 Å². The number of rotatable bonds is 5. The van der Waals surface area contributed by atoms with Gasteiger partial charge in [-0.15, -0.1) is 0 Å². The molecular weight excluding hydrogens is 695 g/mol. The average Bonchev–Trinajstić information content (AvgIpc) is 3.91. The van der Waals surface area contributed by atoms with Crippen molar-refractivity contribution < 1.29 is 0 Å². The van der Waals surface area contributed by atoms with Gasteiger partial charge in [0.15, 0.2) is 11.6 Å². The number of hydrogen-bond donors (Lipinski definition) is 0. The predicted octanol–water partition coefficient (Wildman–Crippen LogP) is 12.6. The fourth-order valence-electron chi connectivity index (χ4n) is 9.13. The molecule has 1 aliphatic rings. The molecule has 1 atom stereocenters. The van der Waals surface area contributed by atoms with Crippen molar-refractivity contribution in [3.8, 4) is 45.3 Å². The number of nitrogens with zero attached hydrogens (tertiary/aromatic N) is 5. The van der Waals surface area contributed by atoms with Gasteiger partial charge in [0.2, 0.25) is 0 Å². The first kappa shape index (κ1) is 31.7. The molecule has 0 amide bonds. The molecule has 266 valence electrons. The van der Waals surface area contributed by atoms with Gasteiger partial charge in [0.25, 0.3) is 0 Å². The molecule has 0 spiro atoms. The first-order valence-electron chi connectivity index (χ1n) is 19.4. The Morgan fingerprint density at radius 3 is 1.35 bits per heavy atom. The first-order chi connectivity index (χ1) is 28.3. The molecule has 3 aromatic heterocycles. The summed E-state index contributed by atoms with van der Waals surface area (Å²) in [7, 11) is 0. The highest BCUT2D eigenvalue weighted by molar-refractivity contribution is 6.12. The van der Waals surface area contributed by atoms with Crippen molar-refractivity contribution in [2.45, 2.75) is 5.92 Å². The SMILES string of the molecule is c1ccc(-c2nc(-c3ccccc3)nc(C3c4ccccc4-c4cc5c(cc43)c3ccccc3n5-c3ccc(-n4c5ccccc5c5ccccc54)cc3)n2)cc1. The molecule has 57 heavy (non-hydrogen) atoms. The Morgan fingerprint density at radius 2 is 0.789 bits per heavy atom. The maximum absolute atomic E-state index is 5.24. The largest absolute Gasteiger partial charge is 0.309 e. The molecule has 11 aromatic rings. The minimum Gasteiger partial charge on any atom is -0.309 e. The van der Waals surface area contributed by atoms with Crippen LogP contribution in [-0.4, -0.2) is 24.1 Å². The Kier molecular flexibility index (Phi) is 6.92. The van der Waals surface area contributed by atoms with E-state index in [1.165, 1.54) is 65.9 Å². The summed E-state index contributed by atoms with van der Waals surface area (Å²) in [6.45, 7) is 0. The molecular formula is C52H33N5. The summed E-state index contributed by atoms with van der Waals surface area (Å²) < 4.78 is 4.79. The van der Waals surface area contributed by atoms with Crippen LogP contribution < -0.4 is 0 Å². The second-order valence-electron chi connectivity index (χ2n) is 14.8.